The second-order valence-electron chi connectivity index (χ2n) is 2.49. The molecule has 1 aliphatic rings. The SMILES string of the molecule is CC1CCNCC(=N)N1. The molecule has 9 heavy (non-hydrogen) atoms. The van der Waals surface area contributed by atoms with Gasteiger partial charge < -0.3 is 10.6 Å². The Morgan fingerprint density at radius 1 is 1.67 bits per heavy atom. The Kier molecular flexibility index (Phi) is 2.05. The smallest absolute Gasteiger partial charge is 0.108 e. The van der Waals surface area contributed by atoms with Gasteiger partial charge in [0, 0.05) is 6.04 Å². The van der Waals surface area contributed by atoms with E-state index in [0.29, 0.717) is 18.4 Å². The van der Waals surface area contributed by atoms with Crippen LogP contribution in [0.25, 0.3) is 0 Å². The van der Waals surface area contributed by atoms with Crippen LogP contribution in [0.2, 0.25) is 0 Å². The average molecular weight is 127 g/mol. The summed E-state index contributed by atoms with van der Waals surface area (Å²) in [5, 5.41) is 13.5. The van der Waals surface area contributed by atoms with Gasteiger partial charge in [-0.05, 0) is 19.9 Å². The van der Waals surface area contributed by atoms with Gasteiger partial charge in [0.2, 0.25) is 0 Å². The lowest BCUT2D eigenvalue weighted by atomic mass is 10.2. The van der Waals surface area contributed by atoms with Crippen LogP contribution in [-0.4, -0.2) is 25.0 Å². The summed E-state index contributed by atoms with van der Waals surface area (Å²) in [4.78, 5) is 0. The van der Waals surface area contributed by atoms with Crippen LogP contribution in [0.5, 0.6) is 0 Å². The lowest BCUT2D eigenvalue weighted by Crippen LogP contribution is -2.32. The molecule has 1 saturated heterocycles. The zero-order valence-corrected chi connectivity index (χ0v) is 5.70. The maximum Gasteiger partial charge on any atom is 0.108 e. The quantitative estimate of drug-likeness (QED) is 0.427. The van der Waals surface area contributed by atoms with E-state index in [4.69, 9.17) is 5.41 Å². The number of rotatable bonds is 0. The van der Waals surface area contributed by atoms with Crippen LogP contribution in [0.4, 0.5) is 0 Å². The minimum atomic E-state index is 0.465. The van der Waals surface area contributed by atoms with Crippen molar-refractivity contribution in [3.8, 4) is 0 Å². The summed E-state index contributed by atoms with van der Waals surface area (Å²) in [5.74, 6) is 0.611. The molecule has 1 aliphatic heterocycles. The average Bonchev–Trinajstić information content (AvgIpc) is 1.93. The van der Waals surface area contributed by atoms with Gasteiger partial charge in [-0.25, -0.2) is 0 Å². The molecule has 1 fully saturated rings. The fraction of sp³-hybridized carbons (Fsp3) is 0.833. The lowest BCUT2D eigenvalue weighted by molar-refractivity contribution is 0.607. The molecule has 0 saturated carbocycles. The van der Waals surface area contributed by atoms with Crippen LogP contribution in [0.3, 0.4) is 0 Å². The summed E-state index contributed by atoms with van der Waals surface area (Å²) in [5.41, 5.74) is 0. The highest BCUT2D eigenvalue weighted by Gasteiger charge is 2.07. The molecule has 0 bridgehead atoms. The number of hydrogen-bond donors (Lipinski definition) is 3. The van der Waals surface area contributed by atoms with Crippen molar-refractivity contribution in [1.29, 1.82) is 5.41 Å². The second kappa shape index (κ2) is 2.82. The Morgan fingerprint density at radius 3 is 3.22 bits per heavy atom. The zero-order chi connectivity index (χ0) is 6.69. The van der Waals surface area contributed by atoms with Crippen LogP contribution in [0.15, 0.2) is 0 Å². The Labute approximate surface area is 55.3 Å². The zero-order valence-electron chi connectivity index (χ0n) is 5.70. The van der Waals surface area contributed by atoms with Gasteiger partial charge in [0.15, 0.2) is 0 Å². The van der Waals surface area contributed by atoms with E-state index in [1.807, 2.05) is 0 Å². The Balaban J connectivity index is 2.37. The number of hydrogen-bond acceptors (Lipinski definition) is 2. The van der Waals surface area contributed by atoms with E-state index in [9.17, 15) is 0 Å². The van der Waals surface area contributed by atoms with Crippen LogP contribution in [-0.2, 0) is 0 Å². The van der Waals surface area contributed by atoms with Gasteiger partial charge in [-0.15, -0.1) is 0 Å². The lowest BCUT2D eigenvalue weighted by Gasteiger charge is -2.08. The van der Waals surface area contributed by atoms with E-state index in [2.05, 4.69) is 17.6 Å². The molecule has 1 atom stereocenters. The van der Waals surface area contributed by atoms with Crippen molar-refractivity contribution in [2.75, 3.05) is 13.1 Å². The normalized spacial score (nSPS) is 29.0. The summed E-state index contributed by atoms with van der Waals surface area (Å²) in [6.07, 6.45) is 1.11. The predicted molar refractivity (Wildman–Crippen MR) is 37.8 cm³/mol. The molecule has 3 heteroatoms. The van der Waals surface area contributed by atoms with Crippen molar-refractivity contribution < 1.29 is 0 Å². The van der Waals surface area contributed by atoms with Gasteiger partial charge in [0.25, 0.3) is 0 Å². The molecule has 0 spiro atoms. The number of amidine groups is 1. The van der Waals surface area contributed by atoms with Crippen LogP contribution in [0.1, 0.15) is 13.3 Å². The number of nitrogens with one attached hydrogen (secondary N) is 3. The molecule has 1 unspecified atom stereocenters. The fourth-order valence-corrected chi connectivity index (χ4v) is 0.953. The first kappa shape index (κ1) is 6.55. The first-order chi connectivity index (χ1) is 4.29. The molecule has 3 nitrogen and oxygen atoms in total. The molecule has 0 aromatic rings. The third-order valence-electron chi connectivity index (χ3n) is 1.48. The van der Waals surface area contributed by atoms with Crippen molar-refractivity contribution in [3.63, 3.8) is 0 Å². The third kappa shape index (κ3) is 2.01. The standard InChI is InChI=1S/C6H13N3/c1-5-2-3-8-4-6(7)9-5/h5,8H,2-4H2,1H3,(H2,7,9). The van der Waals surface area contributed by atoms with Crippen molar-refractivity contribution in [2.24, 2.45) is 0 Å². The van der Waals surface area contributed by atoms with Gasteiger partial charge >= 0.3 is 0 Å². The Bertz CT molecular complexity index is 111. The highest BCUT2D eigenvalue weighted by molar-refractivity contribution is 5.81. The van der Waals surface area contributed by atoms with E-state index < -0.39 is 0 Å². The van der Waals surface area contributed by atoms with Crippen LogP contribution >= 0.6 is 0 Å². The first-order valence-electron chi connectivity index (χ1n) is 3.33. The van der Waals surface area contributed by atoms with E-state index in [1.165, 1.54) is 0 Å². The Hall–Kier alpha value is -0.570. The summed E-state index contributed by atoms with van der Waals surface area (Å²) < 4.78 is 0. The van der Waals surface area contributed by atoms with Crippen molar-refractivity contribution in [1.82, 2.24) is 10.6 Å². The second-order valence-corrected chi connectivity index (χ2v) is 2.49. The van der Waals surface area contributed by atoms with Crippen LogP contribution in [0, 0.1) is 5.41 Å². The molecule has 1 heterocycles. The highest BCUT2D eigenvalue weighted by Crippen LogP contribution is 1.91. The van der Waals surface area contributed by atoms with E-state index in [-0.39, 0.29) is 0 Å². The molecule has 52 valence electrons. The molecule has 0 aromatic heterocycles. The molecule has 0 aliphatic carbocycles. The topological polar surface area (TPSA) is 47.9 Å². The maximum atomic E-state index is 7.29. The van der Waals surface area contributed by atoms with E-state index >= 15 is 0 Å². The van der Waals surface area contributed by atoms with Crippen molar-refractivity contribution >= 4 is 5.84 Å². The van der Waals surface area contributed by atoms with Gasteiger partial charge in [-0.2, -0.15) is 0 Å². The van der Waals surface area contributed by atoms with E-state index in [0.717, 1.165) is 13.0 Å². The van der Waals surface area contributed by atoms with Crippen molar-refractivity contribution in [3.05, 3.63) is 0 Å². The molecular formula is C6H13N3. The molecule has 0 amide bonds. The minimum Gasteiger partial charge on any atom is -0.370 e. The van der Waals surface area contributed by atoms with Gasteiger partial charge in [-0.3, -0.25) is 5.41 Å². The predicted octanol–water partition coefficient (Wildman–Crippen LogP) is -0.0649. The third-order valence-corrected chi connectivity index (χ3v) is 1.48. The largest absolute Gasteiger partial charge is 0.370 e. The maximum absolute atomic E-state index is 7.29. The van der Waals surface area contributed by atoms with Crippen molar-refractivity contribution in [2.45, 2.75) is 19.4 Å². The monoisotopic (exact) mass is 127 g/mol. The van der Waals surface area contributed by atoms with Crippen LogP contribution < -0.4 is 10.6 Å². The highest BCUT2D eigenvalue weighted by atomic mass is 15.0. The molecule has 0 aromatic carbocycles. The Morgan fingerprint density at radius 2 is 2.44 bits per heavy atom. The minimum absolute atomic E-state index is 0.465. The van der Waals surface area contributed by atoms with E-state index in [1.54, 1.807) is 0 Å². The molecule has 0 radical (unpaired) electrons. The van der Waals surface area contributed by atoms with Gasteiger partial charge in [0.1, 0.15) is 5.84 Å². The first-order valence-corrected chi connectivity index (χ1v) is 3.33. The van der Waals surface area contributed by atoms with Gasteiger partial charge in [0.05, 0.1) is 6.54 Å². The summed E-state index contributed by atoms with van der Waals surface area (Å²) >= 11 is 0. The summed E-state index contributed by atoms with van der Waals surface area (Å²) in [6.45, 7) is 3.82. The molecular weight excluding hydrogens is 114 g/mol. The van der Waals surface area contributed by atoms with Gasteiger partial charge in [-0.1, -0.05) is 0 Å². The molecule has 1 rings (SSSR count). The fourth-order valence-electron chi connectivity index (χ4n) is 0.953. The summed E-state index contributed by atoms with van der Waals surface area (Å²) in [7, 11) is 0. The summed E-state index contributed by atoms with van der Waals surface area (Å²) in [6, 6.07) is 0.465. The molecule has 3 N–H and O–H groups in total.